The third kappa shape index (κ3) is 4.69. The fourth-order valence-electron chi connectivity index (χ4n) is 3.42. The van der Waals surface area contributed by atoms with Gasteiger partial charge in [0, 0.05) is 35.7 Å². The molecule has 10 heteroatoms. The van der Waals surface area contributed by atoms with Gasteiger partial charge in [0.25, 0.3) is 0 Å². The highest BCUT2D eigenvalue weighted by molar-refractivity contribution is 5.99. The van der Waals surface area contributed by atoms with Gasteiger partial charge in [-0.05, 0) is 30.2 Å². The summed E-state index contributed by atoms with van der Waals surface area (Å²) >= 11 is 0. The fraction of sp³-hybridized carbons (Fsp3) is 0.261. The number of amides is 3. The summed E-state index contributed by atoms with van der Waals surface area (Å²) < 4.78 is 42.1. The van der Waals surface area contributed by atoms with Gasteiger partial charge in [-0.1, -0.05) is 20.8 Å². The van der Waals surface area contributed by atoms with Gasteiger partial charge in [-0.2, -0.15) is 5.10 Å². The quantitative estimate of drug-likeness (QED) is 0.477. The molecule has 3 amide bonds. The summed E-state index contributed by atoms with van der Waals surface area (Å²) in [5.41, 5.74) is 2.14. The van der Waals surface area contributed by atoms with Crippen LogP contribution in [-0.2, 0) is 16.6 Å². The van der Waals surface area contributed by atoms with Crippen LogP contribution < -0.4 is 16.0 Å². The van der Waals surface area contributed by atoms with E-state index >= 15 is 0 Å². The number of aromatic nitrogens is 2. The molecule has 0 bridgehead atoms. The molecule has 1 aliphatic heterocycles. The molecule has 33 heavy (non-hydrogen) atoms. The van der Waals surface area contributed by atoms with Gasteiger partial charge in [0.2, 0.25) is 5.91 Å². The summed E-state index contributed by atoms with van der Waals surface area (Å²) in [6, 6.07) is 7.14. The third-order valence-electron chi connectivity index (χ3n) is 5.21. The third-order valence-corrected chi connectivity index (χ3v) is 5.21. The first-order valence-electron chi connectivity index (χ1n) is 10.3. The van der Waals surface area contributed by atoms with E-state index in [1.54, 1.807) is 18.2 Å². The summed E-state index contributed by atoms with van der Waals surface area (Å²) in [7, 11) is 0. The molecule has 0 fully saturated rings. The molecule has 0 saturated heterocycles. The largest absolute Gasteiger partial charge is 0.326 e. The van der Waals surface area contributed by atoms with Crippen molar-refractivity contribution in [3.63, 3.8) is 0 Å². The lowest BCUT2D eigenvalue weighted by molar-refractivity contribution is -0.116. The lowest BCUT2D eigenvalue weighted by Crippen LogP contribution is -2.22. The highest BCUT2D eigenvalue weighted by Gasteiger charge is 2.23. The Morgan fingerprint density at radius 1 is 1.00 bits per heavy atom. The molecule has 4 rings (SSSR count). The fourth-order valence-corrected chi connectivity index (χ4v) is 3.42. The Bertz CT molecular complexity index is 1260. The maximum Gasteiger partial charge on any atom is 0.324 e. The van der Waals surface area contributed by atoms with E-state index in [1.807, 2.05) is 26.8 Å². The average Bonchev–Trinajstić information content (AvgIpc) is 3.15. The number of benzene rings is 2. The van der Waals surface area contributed by atoms with Crippen molar-refractivity contribution in [2.75, 3.05) is 16.0 Å². The predicted octanol–water partition coefficient (Wildman–Crippen LogP) is 5.12. The highest BCUT2D eigenvalue weighted by atomic mass is 19.2. The number of carbonyl (C=O) groups excluding carboxylic acids is 2. The first kappa shape index (κ1) is 22.4. The van der Waals surface area contributed by atoms with Crippen molar-refractivity contribution in [1.29, 1.82) is 0 Å². The van der Waals surface area contributed by atoms with Crippen molar-refractivity contribution in [2.24, 2.45) is 0 Å². The molecule has 0 unspecified atom stereocenters. The van der Waals surface area contributed by atoms with Crippen LogP contribution in [0.15, 0.2) is 36.4 Å². The van der Waals surface area contributed by atoms with Crippen molar-refractivity contribution in [3.8, 4) is 5.69 Å². The van der Waals surface area contributed by atoms with Crippen molar-refractivity contribution in [1.82, 2.24) is 9.78 Å². The van der Waals surface area contributed by atoms with E-state index in [0.29, 0.717) is 42.2 Å². The van der Waals surface area contributed by atoms with Crippen LogP contribution in [0.2, 0.25) is 0 Å². The molecule has 172 valence electrons. The standard InChI is InChI=1S/C23H22F3N5O2/c1-23(2,3)19-11-20(29-22(33)28-18-10-15(25)14(24)9-16(18)26)31(30-19)13-5-6-17-12(8-13)4-7-21(32)27-17/h5-6,8-11H,4,7H2,1-3H3,(H,27,32)(H2,28,29,33). The molecule has 1 aliphatic rings. The molecule has 3 N–H and O–H groups in total. The number of urea groups is 1. The summed E-state index contributed by atoms with van der Waals surface area (Å²) in [6.45, 7) is 5.88. The van der Waals surface area contributed by atoms with Crippen LogP contribution in [-0.4, -0.2) is 21.7 Å². The zero-order chi connectivity index (χ0) is 23.9. The van der Waals surface area contributed by atoms with Crippen LogP contribution in [0.25, 0.3) is 5.69 Å². The van der Waals surface area contributed by atoms with Gasteiger partial charge in [-0.25, -0.2) is 22.6 Å². The zero-order valence-corrected chi connectivity index (χ0v) is 18.2. The number of hydrogen-bond donors (Lipinski definition) is 3. The van der Waals surface area contributed by atoms with Crippen LogP contribution in [0.3, 0.4) is 0 Å². The number of hydrogen-bond acceptors (Lipinski definition) is 3. The summed E-state index contributed by atoms with van der Waals surface area (Å²) in [6.07, 6.45) is 0.942. The molecule has 2 aromatic carbocycles. The Morgan fingerprint density at radius 3 is 2.45 bits per heavy atom. The van der Waals surface area contributed by atoms with Crippen LogP contribution >= 0.6 is 0 Å². The van der Waals surface area contributed by atoms with Gasteiger partial charge in [-0.15, -0.1) is 0 Å². The van der Waals surface area contributed by atoms with Crippen LogP contribution in [0.5, 0.6) is 0 Å². The van der Waals surface area contributed by atoms with E-state index < -0.39 is 29.2 Å². The van der Waals surface area contributed by atoms with E-state index in [9.17, 15) is 22.8 Å². The van der Waals surface area contributed by atoms with E-state index in [1.165, 1.54) is 4.68 Å². The Kier molecular flexibility index (Phi) is 5.61. The molecule has 0 atom stereocenters. The summed E-state index contributed by atoms with van der Waals surface area (Å²) in [4.78, 5) is 24.2. The second-order valence-electron chi connectivity index (χ2n) is 8.79. The molecule has 0 saturated carbocycles. The second-order valence-corrected chi connectivity index (χ2v) is 8.79. The highest BCUT2D eigenvalue weighted by Crippen LogP contribution is 2.30. The Hall–Kier alpha value is -3.82. The number of anilines is 3. The average molecular weight is 457 g/mol. The van der Waals surface area contributed by atoms with Gasteiger partial charge < -0.3 is 10.6 Å². The molecule has 0 spiro atoms. The molecule has 0 aliphatic carbocycles. The normalized spacial score (nSPS) is 13.3. The minimum atomic E-state index is -1.35. The van der Waals surface area contributed by atoms with Gasteiger partial charge in [0.1, 0.15) is 11.6 Å². The number of fused-ring (bicyclic) bond motifs is 1. The van der Waals surface area contributed by atoms with Crippen molar-refractivity contribution in [3.05, 3.63) is 65.1 Å². The topological polar surface area (TPSA) is 88.0 Å². The first-order chi connectivity index (χ1) is 15.5. The van der Waals surface area contributed by atoms with Gasteiger partial charge in [0.15, 0.2) is 11.6 Å². The number of halogens is 3. The van der Waals surface area contributed by atoms with Crippen molar-refractivity contribution >= 4 is 29.1 Å². The monoisotopic (exact) mass is 457 g/mol. The van der Waals surface area contributed by atoms with Crippen LogP contribution in [0.1, 0.15) is 38.4 Å². The van der Waals surface area contributed by atoms with Crippen LogP contribution in [0.4, 0.5) is 35.2 Å². The van der Waals surface area contributed by atoms with Gasteiger partial charge in [-0.3, -0.25) is 10.1 Å². The molecule has 1 aromatic heterocycles. The Morgan fingerprint density at radius 2 is 1.73 bits per heavy atom. The minimum Gasteiger partial charge on any atom is -0.326 e. The SMILES string of the molecule is CC(C)(C)c1cc(NC(=O)Nc2cc(F)c(F)cc2F)n(-c2ccc3c(c2)CCC(=O)N3)n1. The molecule has 3 aromatic rings. The van der Waals surface area contributed by atoms with Crippen molar-refractivity contribution in [2.45, 2.75) is 39.0 Å². The first-order valence-corrected chi connectivity index (χ1v) is 10.3. The van der Waals surface area contributed by atoms with E-state index in [0.717, 1.165) is 11.3 Å². The smallest absolute Gasteiger partial charge is 0.324 e. The number of nitrogens with zero attached hydrogens (tertiary/aromatic N) is 2. The predicted molar refractivity (Wildman–Crippen MR) is 118 cm³/mol. The Labute approximate surface area is 188 Å². The molecule has 2 heterocycles. The van der Waals surface area contributed by atoms with Gasteiger partial charge in [0.05, 0.1) is 17.1 Å². The van der Waals surface area contributed by atoms with E-state index in [-0.39, 0.29) is 11.3 Å². The van der Waals surface area contributed by atoms with Gasteiger partial charge >= 0.3 is 6.03 Å². The number of nitrogens with one attached hydrogen (secondary N) is 3. The number of rotatable bonds is 3. The zero-order valence-electron chi connectivity index (χ0n) is 18.2. The van der Waals surface area contributed by atoms with E-state index in [4.69, 9.17) is 0 Å². The van der Waals surface area contributed by atoms with E-state index in [2.05, 4.69) is 21.0 Å². The Balaban J connectivity index is 1.66. The maximum absolute atomic E-state index is 13.9. The maximum atomic E-state index is 13.9. The molecule has 0 radical (unpaired) electrons. The second kappa shape index (κ2) is 8.27. The summed E-state index contributed by atoms with van der Waals surface area (Å²) in [5.74, 6) is -3.50. The van der Waals surface area contributed by atoms with Crippen LogP contribution in [0, 0.1) is 17.5 Å². The molecule has 7 nitrogen and oxygen atoms in total. The molecular weight excluding hydrogens is 435 g/mol. The number of carbonyl (C=O) groups is 2. The molecular formula is C23H22F3N5O2. The lowest BCUT2D eigenvalue weighted by atomic mass is 9.92. The van der Waals surface area contributed by atoms with Crippen molar-refractivity contribution < 1.29 is 22.8 Å². The minimum absolute atomic E-state index is 0.0483. The number of aryl methyl sites for hydroxylation is 1. The lowest BCUT2D eigenvalue weighted by Gasteiger charge is -2.18. The summed E-state index contributed by atoms with van der Waals surface area (Å²) in [5, 5.41) is 12.2.